The van der Waals surface area contributed by atoms with E-state index >= 15 is 0 Å². The first-order valence-corrected chi connectivity index (χ1v) is 8.06. The molecule has 1 atom stereocenters. The van der Waals surface area contributed by atoms with Crippen LogP contribution in [0.15, 0.2) is 42.9 Å². The van der Waals surface area contributed by atoms with Crippen LogP contribution in [0.1, 0.15) is 0 Å². The van der Waals surface area contributed by atoms with Crippen molar-refractivity contribution in [3.63, 3.8) is 0 Å². The molecule has 24 heavy (non-hydrogen) atoms. The van der Waals surface area contributed by atoms with E-state index < -0.39 is 0 Å². The van der Waals surface area contributed by atoms with Gasteiger partial charge >= 0.3 is 0 Å². The highest BCUT2D eigenvalue weighted by Gasteiger charge is 2.39. The topological polar surface area (TPSA) is 68.4 Å². The zero-order chi connectivity index (χ0) is 16.5. The minimum Gasteiger partial charge on any atom is -0.307 e. The van der Waals surface area contributed by atoms with E-state index in [1.165, 1.54) is 0 Å². The first-order valence-electron chi connectivity index (χ1n) is 8.06. The monoisotopic (exact) mass is 322 g/mol. The maximum Gasteiger partial charge on any atom is 0.247 e. The average molecular weight is 322 g/mol. The van der Waals surface area contributed by atoms with E-state index in [2.05, 4.69) is 16.1 Å². The first kappa shape index (κ1) is 14.7. The van der Waals surface area contributed by atoms with Crippen LogP contribution in [0.3, 0.4) is 0 Å². The van der Waals surface area contributed by atoms with Gasteiger partial charge in [0.1, 0.15) is 12.4 Å². The molecule has 2 saturated heterocycles. The quantitative estimate of drug-likeness (QED) is 0.761. The van der Waals surface area contributed by atoms with E-state index in [4.69, 9.17) is 5.26 Å². The number of fused-ring (bicyclic) bond motifs is 1. The number of anilines is 1. The molecule has 1 amide bonds. The van der Waals surface area contributed by atoms with Gasteiger partial charge in [-0.05, 0) is 12.1 Å². The largest absolute Gasteiger partial charge is 0.307 e. The first-order chi connectivity index (χ1) is 11.8. The summed E-state index contributed by atoms with van der Waals surface area (Å²) in [6, 6.07) is 9.64. The Hall–Kier alpha value is -2.85. The van der Waals surface area contributed by atoms with Gasteiger partial charge in [-0.25, -0.2) is 4.98 Å². The summed E-state index contributed by atoms with van der Waals surface area (Å²) in [6.07, 6.45) is 5.77. The second-order valence-electron chi connectivity index (χ2n) is 6.06. The molecule has 0 spiro atoms. The Morgan fingerprint density at radius 2 is 1.92 bits per heavy atom. The molecule has 2 aliphatic heterocycles. The maximum atomic E-state index is 12.9. The number of amides is 1. The van der Waals surface area contributed by atoms with Gasteiger partial charge < -0.3 is 9.47 Å². The van der Waals surface area contributed by atoms with Crippen molar-refractivity contribution >= 4 is 11.7 Å². The van der Waals surface area contributed by atoms with Gasteiger partial charge in [0.15, 0.2) is 12.0 Å². The molecule has 0 radical (unpaired) electrons. The Morgan fingerprint density at radius 1 is 1.12 bits per heavy atom. The van der Waals surface area contributed by atoms with E-state index in [0.29, 0.717) is 25.5 Å². The molecule has 2 fully saturated rings. The van der Waals surface area contributed by atoms with Crippen LogP contribution in [-0.4, -0.2) is 64.0 Å². The molecule has 0 bridgehead atoms. The Kier molecular flexibility index (Phi) is 3.67. The van der Waals surface area contributed by atoms with Crippen molar-refractivity contribution in [1.29, 1.82) is 5.26 Å². The second-order valence-corrected chi connectivity index (χ2v) is 6.06. The Labute approximate surface area is 140 Å². The highest BCUT2D eigenvalue weighted by molar-refractivity contribution is 5.97. The average Bonchev–Trinajstić information content (AvgIpc) is 3.12. The summed E-state index contributed by atoms with van der Waals surface area (Å²) < 4.78 is 1.91. The highest BCUT2D eigenvalue weighted by Crippen LogP contribution is 2.22. The number of para-hydroxylation sites is 1. The van der Waals surface area contributed by atoms with Crippen molar-refractivity contribution in [2.75, 3.05) is 37.6 Å². The molecule has 4 rings (SSSR count). The lowest BCUT2D eigenvalue weighted by atomic mass is 10.1. The molecule has 7 nitrogen and oxygen atoms in total. The van der Waals surface area contributed by atoms with E-state index in [9.17, 15) is 4.79 Å². The lowest BCUT2D eigenvalue weighted by Crippen LogP contribution is -2.64. The molecule has 2 aromatic rings. The number of rotatable bonds is 2. The van der Waals surface area contributed by atoms with E-state index in [1.54, 1.807) is 16.1 Å². The third kappa shape index (κ3) is 2.51. The van der Waals surface area contributed by atoms with E-state index in [0.717, 1.165) is 18.8 Å². The third-order valence-electron chi connectivity index (χ3n) is 4.69. The van der Waals surface area contributed by atoms with Crippen molar-refractivity contribution in [1.82, 2.24) is 19.4 Å². The molecule has 0 saturated carbocycles. The molecule has 3 heterocycles. The zero-order valence-electron chi connectivity index (χ0n) is 13.2. The molecule has 7 heteroatoms. The summed E-state index contributed by atoms with van der Waals surface area (Å²) in [5, 5.41) is 9.10. The molecular weight excluding hydrogens is 304 g/mol. The van der Waals surface area contributed by atoms with Crippen LogP contribution in [0, 0.1) is 11.5 Å². The van der Waals surface area contributed by atoms with Crippen LogP contribution < -0.4 is 4.90 Å². The van der Waals surface area contributed by atoms with Crippen molar-refractivity contribution in [3.05, 3.63) is 42.9 Å². The van der Waals surface area contributed by atoms with Crippen LogP contribution in [0.25, 0.3) is 5.69 Å². The number of piperazine rings is 2. The molecular formula is C17H18N6O. The third-order valence-corrected chi connectivity index (χ3v) is 4.69. The van der Waals surface area contributed by atoms with Gasteiger partial charge in [0.25, 0.3) is 0 Å². The van der Waals surface area contributed by atoms with Gasteiger partial charge in [-0.1, -0.05) is 18.2 Å². The summed E-state index contributed by atoms with van der Waals surface area (Å²) in [7, 11) is 0. The summed E-state index contributed by atoms with van der Waals surface area (Å²) in [5.74, 6) is 0.692. The second kappa shape index (κ2) is 5.98. The summed E-state index contributed by atoms with van der Waals surface area (Å²) in [4.78, 5) is 22.8. The zero-order valence-corrected chi connectivity index (χ0v) is 13.2. The summed E-state index contributed by atoms with van der Waals surface area (Å²) >= 11 is 0. The van der Waals surface area contributed by atoms with E-state index in [1.807, 2.05) is 41.1 Å². The summed E-state index contributed by atoms with van der Waals surface area (Å²) in [5.41, 5.74) is 1.01. The van der Waals surface area contributed by atoms with Crippen molar-refractivity contribution in [2.45, 2.75) is 6.04 Å². The molecule has 0 N–H and O–H groups in total. The number of aromatic nitrogens is 2. The molecule has 1 aromatic carbocycles. The fourth-order valence-corrected chi connectivity index (χ4v) is 3.35. The van der Waals surface area contributed by atoms with Gasteiger partial charge in [-0.15, -0.1) is 0 Å². The van der Waals surface area contributed by atoms with Crippen molar-refractivity contribution in [2.24, 2.45) is 0 Å². The lowest BCUT2D eigenvalue weighted by molar-refractivity contribution is -0.127. The van der Waals surface area contributed by atoms with E-state index in [-0.39, 0.29) is 11.9 Å². The minimum atomic E-state index is -0.256. The van der Waals surface area contributed by atoms with Crippen molar-refractivity contribution < 1.29 is 4.79 Å². The Morgan fingerprint density at radius 3 is 2.71 bits per heavy atom. The molecule has 122 valence electrons. The van der Waals surface area contributed by atoms with Gasteiger partial charge in [0.2, 0.25) is 5.91 Å². The lowest BCUT2D eigenvalue weighted by Gasteiger charge is -2.44. The normalized spacial score (nSPS) is 21.5. The summed E-state index contributed by atoms with van der Waals surface area (Å²) in [6.45, 7) is 3.37. The number of hydrogen-bond acceptors (Lipinski definition) is 5. The Bertz CT molecular complexity index is 780. The number of benzene rings is 1. The smallest absolute Gasteiger partial charge is 0.247 e. The fraction of sp³-hybridized carbons (Fsp3) is 0.353. The number of nitrogens with zero attached hydrogens (tertiary/aromatic N) is 6. The van der Waals surface area contributed by atoms with Crippen LogP contribution in [-0.2, 0) is 4.79 Å². The van der Waals surface area contributed by atoms with Gasteiger partial charge in [-0.2, -0.15) is 5.26 Å². The SMILES string of the molecule is N#CN1CCN2CCN(c3cn(-c4ccccc4)cn3)C(=O)C2C1. The van der Waals surface area contributed by atoms with Gasteiger partial charge in [-0.3, -0.25) is 14.6 Å². The predicted octanol–water partition coefficient (Wildman–Crippen LogP) is 0.686. The predicted molar refractivity (Wildman–Crippen MR) is 88.5 cm³/mol. The number of imidazole rings is 1. The number of hydrogen-bond donors (Lipinski definition) is 0. The molecule has 2 aliphatic rings. The molecule has 1 aromatic heterocycles. The van der Waals surface area contributed by atoms with Gasteiger partial charge in [0.05, 0.1) is 12.7 Å². The number of nitriles is 1. The number of carbonyl (C=O) groups is 1. The Balaban J connectivity index is 1.56. The van der Waals surface area contributed by atoms with Crippen LogP contribution in [0.4, 0.5) is 5.82 Å². The maximum absolute atomic E-state index is 12.9. The molecule has 1 unspecified atom stereocenters. The van der Waals surface area contributed by atoms with Crippen LogP contribution in [0.5, 0.6) is 0 Å². The van der Waals surface area contributed by atoms with Crippen LogP contribution >= 0.6 is 0 Å². The molecule has 0 aliphatic carbocycles. The standard InChI is InChI=1S/C17H18N6O/c18-12-20-6-7-21-8-9-23(17(24)15(21)10-20)16-11-22(13-19-16)14-4-2-1-3-5-14/h1-5,11,13,15H,6-10H2. The van der Waals surface area contributed by atoms with Crippen LogP contribution in [0.2, 0.25) is 0 Å². The highest BCUT2D eigenvalue weighted by atomic mass is 16.2. The minimum absolute atomic E-state index is 0.0273. The van der Waals surface area contributed by atoms with Crippen molar-refractivity contribution in [3.8, 4) is 11.9 Å². The fourth-order valence-electron chi connectivity index (χ4n) is 3.35. The number of carbonyl (C=O) groups excluding carboxylic acids is 1. The van der Waals surface area contributed by atoms with Gasteiger partial charge in [0, 0.05) is 31.9 Å².